The first kappa shape index (κ1) is 23.1. The van der Waals surface area contributed by atoms with E-state index in [2.05, 4.69) is 25.7 Å². The van der Waals surface area contributed by atoms with Gasteiger partial charge < -0.3 is 34.2 Å². The molecule has 0 saturated carbocycles. The van der Waals surface area contributed by atoms with Gasteiger partial charge in [-0.3, -0.25) is 4.90 Å². The summed E-state index contributed by atoms with van der Waals surface area (Å²) < 4.78 is 40.4. The lowest BCUT2D eigenvalue weighted by molar-refractivity contribution is -0.0438. The number of rotatable bonds is 8. The van der Waals surface area contributed by atoms with Gasteiger partial charge in [0, 0.05) is 18.7 Å². The Kier molecular flexibility index (Phi) is 7.41. The fraction of sp³-hybridized carbons (Fsp3) is 0.700. The molecule has 13 nitrogen and oxygen atoms in total. The van der Waals surface area contributed by atoms with Gasteiger partial charge in [-0.2, -0.15) is 4.31 Å². The van der Waals surface area contributed by atoms with Crippen LogP contribution in [0.15, 0.2) is 12.3 Å². The van der Waals surface area contributed by atoms with Gasteiger partial charge in [-0.05, 0) is 24.3 Å². The normalized spacial score (nSPS) is 30.6. The maximum Gasteiger partial charge on any atom is 0.488 e. The van der Waals surface area contributed by atoms with Crippen LogP contribution in [0.25, 0.3) is 0 Å². The van der Waals surface area contributed by atoms with E-state index in [4.69, 9.17) is 19.0 Å². The monoisotopic (exact) mass is 468 g/mol. The molecule has 0 bridgehead atoms. The van der Waals surface area contributed by atoms with Gasteiger partial charge in [0.25, 0.3) is 0 Å². The Morgan fingerprint density at radius 1 is 1.33 bits per heavy atom. The highest BCUT2D eigenvalue weighted by Gasteiger charge is 2.41. The van der Waals surface area contributed by atoms with E-state index in [0.717, 1.165) is 0 Å². The first-order valence-electron chi connectivity index (χ1n) is 7.45. The van der Waals surface area contributed by atoms with Crippen molar-refractivity contribution in [2.24, 2.45) is 5.92 Å². The van der Waals surface area contributed by atoms with Crippen LogP contribution in [0, 0.1) is 5.92 Å². The highest BCUT2D eigenvalue weighted by atomic mass is 32.5. The Hall–Kier alpha value is -0.200. The molecule has 27 heavy (non-hydrogen) atoms. The predicted octanol–water partition coefficient (Wildman–Crippen LogP) is 0.736. The van der Waals surface area contributed by atoms with Crippen LogP contribution in [0.3, 0.4) is 0 Å². The number of amides is 2. The van der Waals surface area contributed by atoms with E-state index in [-0.39, 0.29) is 18.6 Å². The van der Waals surface area contributed by atoms with Crippen molar-refractivity contribution >= 4 is 40.2 Å². The smallest absolute Gasteiger partial charge is 0.352 e. The molecule has 2 heterocycles. The molecule has 1 saturated heterocycles. The number of nitrogens with one attached hydrogen (secondary N) is 1. The largest absolute Gasteiger partial charge is 0.488 e. The summed E-state index contributed by atoms with van der Waals surface area (Å²) in [5, 5.41) is 2.63. The van der Waals surface area contributed by atoms with Crippen molar-refractivity contribution in [3.05, 3.63) is 12.3 Å². The Bertz CT molecular complexity index is 742. The van der Waals surface area contributed by atoms with Crippen LogP contribution in [-0.4, -0.2) is 56.0 Å². The van der Waals surface area contributed by atoms with Crippen molar-refractivity contribution in [3.63, 3.8) is 0 Å². The molecule has 156 valence electrons. The van der Waals surface area contributed by atoms with Gasteiger partial charge in [-0.1, -0.05) is 6.92 Å². The number of carbonyl (C=O) groups is 1. The lowest BCUT2D eigenvalue weighted by Crippen LogP contribution is -2.47. The van der Waals surface area contributed by atoms with E-state index in [9.17, 15) is 23.7 Å². The van der Waals surface area contributed by atoms with E-state index in [1.807, 2.05) is 6.92 Å². The summed E-state index contributed by atoms with van der Waals surface area (Å²) in [4.78, 5) is 49.3. The molecule has 17 heteroatoms. The molecule has 0 aromatic heterocycles. The Morgan fingerprint density at radius 2 is 2.00 bits per heavy atom. The highest BCUT2D eigenvalue weighted by molar-refractivity contribution is 8.08. The lowest BCUT2D eigenvalue weighted by Gasteiger charge is -2.30. The molecule has 0 aromatic rings. The van der Waals surface area contributed by atoms with Crippen molar-refractivity contribution in [1.29, 1.82) is 0 Å². The SMILES string of the molecule is CC1CC(COP(O)(=S)OP(=O)(O)OP(=O)(O)O)OC1N1C=CCNC1=O. The number of nitrogens with zero attached hydrogens (tertiary/aromatic N) is 1. The predicted molar refractivity (Wildman–Crippen MR) is 93.3 cm³/mol. The van der Waals surface area contributed by atoms with Crippen LogP contribution in [0.5, 0.6) is 0 Å². The number of hydrogen-bond donors (Lipinski definition) is 5. The molecule has 5 N–H and O–H groups in total. The van der Waals surface area contributed by atoms with Gasteiger partial charge in [0.1, 0.15) is 6.23 Å². The zero-order valence-electron chi connectivity index (χ0n) is 13.9. The second-order valence-corrected chi connectivity index (χ2v) is 11.5. The standard InChI is InChI=1S/C10H19N2O11P3S/c1-7-5-8(21-9(7)12-4-2-3-11-10(12)13)6-20-26(19,27)23-25(17,18)22-24(14,15)16/h2,4,7-9H,3,5-6H2,1H3,(H,11,13)(H,17,18)(H,19,27)(H2,14,15,16). The molecule has 0 spiro atoms. The molecule has 0 aliphatic carbocycles. The van der Waals surface area contributed by atoms with Crippen LogP contribution in [0.2, 0.25) is 0 Å². The molecule has 1 fully saturated rings. The minimum atomic E-state index is -5.36. The first-order valence-corrected chi connectivity index (χ1v) is 13.1. The maximum atomic E-state index is 11.9. The number of urea groups is 1. The quantitative estimate of drug-likeness (QED) is 0.315. The zero-order valence-corrected chi connectivity index (χ0v) is 17.4. The van der Waals surface area contributed by atoms with Crippen molar-refractivity contribution in [2.45, 2.75) is 25.7 Å². The molecule has 2 aliphatic rings. The fourth-order valence-electron chi connectivity index (χ4n) is 2.52. The molecule has 0 radical (unpaired) electrons. The van der Waals surface area contributed by atoms with Gasteiger partial charge in [0.2, 0.25) is 0 Å². The topological polar surface area (TPSA) is 184 Å². The van der Waals surface area contributed by atoms with Crippen LogP contribution in [-0.2, 0) is 38.8 Å². The number of phosphoric acid groups is 2. The second-order valence-electron chi connectivity index (χ2n) is 5.73. The summed E-state index contributed by atoms with van der Waals surface area (Å²) in [6, 6.07) is -0.331. The molecule has 2 amide bonds. The first-order chi connectivity index (χ1) is 12.3. The average molecular weight is 468 g/mol. The zero-order chi connectivity index (χ0) is 20.5. The van der Waals surface area contributed by atoms with E-state index in [1.165, 1.54) is 4.90 Å². The summed E-state index contributed by atoms with van der Waals surface area (Å²) in [5.41, 5.74) is 0. The Morgan fingerprint density at radius 3 is 2.59 bits per heavy atom. The van der Waals surface area contributed by atoms with Crippen molar-refractivity contribution in [1.82, 2.24) is 10.2 Å². The third-order valence-electron chi connectivity index (χ3n) is 3.44. The van der Waals surface area contributed by atoms with Crippen molar-refractivity contribution in [2.75, 3.05) is 13.2 Å². The van der Waals surface area contributed by atoms with Crippen molar-refractivity contribution < 1.29 is 51.4 Å². The molecule has 2 aliphatic heterocycles. The minimum absolute atomic E-state index is 0.0912. The fourth-order valence-corrected chi connectivity index (χ4v) is 6.51. The third-order valence-corrected chi connectivity index (χ3v) is 8.16. The molecule has 5 unspecified atom stereocenters. The highest BCUT2D eigenvalue weighted by Crippen LogP contribution is 2.66. The Labute approximate surface area is 159 Å². The van der Waals surface area contributed by atoms with Gasteiger partial charge in [-0.25, -0.2) is 18.2 Å². The van der Waals surface area contributed by atoms with Gasteiger partial charge in [-0.15, -0.1) is 0 Å². The van der Waals surface area contributed by atoms with E-state index in [1.54, 1.807) is 12.3 Å². The maximum absolute atomic E-state index is 11.9. The summed E-state index contributed by atoms with van der Waals surface area (Å²) in [7, 11) is -10.7. The number of ether oxygens (including phenoxy) is 1. The number of carbonyl (C=O) groups excluding carboxylic acids is 1. The van der Waals surface area contributed by atoms with E-state index < -0.39 is 34.7 Å². The molecular weight excluding hydrogens is 449 g/mol. The third kappa shape index (κ3) is 7.28. The average Bonchev–Trinajstić information content (AvgIpc) is 2.83. The summed E-state index contributed by atoms with van der Waals surface area (Å²) in [6.07, 6.45) is 2.54. The summed E-state index contributed by atoms with van der Waals surface area (Å²) >= 11 is 4.53. The minimum Gasteiger partial charge on any atom is -0.352 e. The van der Waals surface area contributed by atoms with Crippen LogP contribution < -0.4 is 5.32 Å². The summed E-state index contributed by atoms with van der Waals surface area (Å²) in [5.74, 6) is -0.0912. The van der Waals surface area contributed by atoms with Crippen LogP contribution >= 0.6 is 22.4 Å². The molecule has 0 aromatic carbocycles. The molecule has 5 atom stereocenters. The van der Waals surface area contributed by atoms with Crippen LogP contribution in [0.1, 0.15) is 13.3 Å². The summed E-state index contributed by atoms with van der Waals surface area (Å²) in [6.45, 7) is -2.47. The van der Waals surface area contributed by atoms with E-state index in [0.29, 0.717) is 13.0 Å². The molecular formula is C10H19N2O11P3S. The Balaban J connectivity index is 1.90. The van der Waals surface area contributed by atoms with Gasteiger partial charge in [0.05, 0.1) is 12.7 Å². The van der Waals surface area contributed by atoms with Crippen LogP contribution in [0.4, 0.5) is 4.79 Å². The van der Waals surface area contributed by atoms with E-state index >= 15 is 0 Å². The lowest BCUT2D eigenvalue weighted by atomic mass is 10.1. The second kappa shape index (κ2) is 8.66. The molecule has 2 rings (SSSR count). The van der Waals surface area contributed by atoms with Gasteiger partial charge >= 0.3 is 28.4 Å². The number of hydrogen-bond acceptors (Lipinski definition) is 8. The van der Waals surface area contributed by atoms with Crippen molar-refractivity contribution in [3.8, 4) is 0 Å². The van der Waals surface area contributed by atoms with Gasteiger partial charge in [0.15, 0.2) is 0 Å².